The Hall–Kier alpha value is -4.93. The third-order valence-electron chi connectivity index (χ3n) is 5.94. The first kappa shape index (κ1) is 22.8. The Labute approximate surface area is 208 Å². The summed E-state index contributed by atoms with van der Waals surface area (Å²) in [6.07, 6.45) is 5.21. The maximum Gasteiger partial charge on any atom is 0.251 e. The Morgan fingerprint density at radius 3 is 2.61 bits per heavy atom. The van der Waals surface area contributed by atoms with Gasteiger partial charge in [-0.15, -0.1) is 0 Å². The van der Waals surface area contributed by atoms with E-state index in [-0.39, 0.29) is 19.1 Å². The molecular weight excluding hydrogens is 450 g/mol. The molecule has 0 unspecified atom stereocenters. The molecule has 5 aromatic rings. The van der Waals surface area contributed by atoms with E-state index in [1.807, 2.05) is 66.9 Å². The fourth-order valence-electron chi connectivity index (χ4n) is 4.13. The van der Waals surface area contributed by atoms with E-state index in [4.69, 9.17) is 5.11 Å². The predicted molar refractivity (Wildman–Crippen MR) is 141 cm³/mol. The quantitative estimate of drug-likeness (QED) is 0.258. The van der Waals surface area contributed by atoms with E-state index >= 15 is 0 Å². The predicted octanol–water partition coefficient (Wildman–Crippen LogP) is 5.23. The number of aliphatic hydroxyl groups is 1. The molecule has 2 aromatic heterocycles. The minimum atomic E-state index is -0.225. The lowest BCUT2D eigenvalue weighted by Crippen LogP contribution is -2.26. The number of amides is 1. The van der Waals surface area contributed by atoms with Crippen LogP contribution >= 0.6 is 0 Å². The molecule has 3 aromatic carbocycles. The van der Waals surface area contributed by atoms with E-state index in [2.05, 4.69) is 26.7 Å². The Morgan fingerprint density at radius 2 is 1.81 bits per heavy atom. The number of H-pyrrole nitrogens is 1. The monoisotopic (exact) mass is 473 g/mol. The topological polar surface area (TPSA) is 114 Å². The van der Waals surface area contributed by atoms with Crippen molar-refractivity contribution in [2.45, 2.75) is 0 Å². The highest BCUT2D eigenvalue weighted by Gasteiger charge is 2.13. The van der Waals surface area contributed by atoms with Gasteiger partial charge in [-0.3, -0.25) is 9.78 Å². The molecule has 36 heavy (non-hydrogen) atoms. The second kappa shape index (κ2) is 10.1. The minimum Gasteiger partial charge on any atom is -0.395 e. The van der Waals surface area contributed by atoms with Crippen LogP contribution in [0.25, 0.3) is 33.2 Å². The molecule has 176 valence electrons. The summed E-state index contributed by atoms with van der Waals surface area (Å²) in [6, 6.07) is 25.5. The van der Waals surface area contributed by atoms with Crippen LogP contribution in [0.4, 0.5) is 11.4 Å². The third-order valence-corrected chi connectivity index (χ3v) is 5.94. The van der Waals surface area contributed by atoms with E-state index in [0.717, 1.165) is 38.8 Å². The second-order valence-corrected chi connectivity index (χ2v) is 8.26. The number of rotatable bonds is 7. The van der Waals surface area contributed by atoms with Gasteiger partial charge in [0, 0.05) is 52.9 Å². The summed E-state index contributed by atoms with van der Waals surface area (Å²) in [5.74, 6) is -0.225. The van der Waals surface area contributed by atoms with Gasteiger partial charge in [-0.1, -0.05) is 30.3 Å². The van der Waals surface area contributed by atoms with E-state index in [0.29, 0.717) is 16.8 Å². The highest BCUT2D eigenvalue weighted by Crippen LogP contribution is 2.35. The van der Waals surface area contributed by atoms with E-state index in [1.54, 1.807) is 24.5 Å². The lowest BCUT2D eigenvalue weighted by Gasteiger charge is -2.15. The fraction of sp³-hybridized carbons (Fsp3) is 0.0690. The molecule has 0 bridgehead atoms. The van der Waals surface area contributed by atoms with Crippen LogP contribution in [0.15, 0.2) is 91.4 Å². The van der Waals surface area contributed by atoms with Crippen LogP contribution in [0.3, 0.4) is 0 Å². The molecule has 4 N–H and O–H groups in total. The van der Waals surface area contributed by atoms with Gasteiger partial charge >= 0.3 is 0 Å². The number of hydrogen-bond donors (Lipinski definition) is 4. The highest BCUT2D eigenvalue weighted by atomic mass is 16.3. The van der Waals surface area contributed by atoms with Gasteiger partial charge < -0.3 is 20.7 Å². The maximum atomic E-state index is 12.1. The lowest BCUT2D eigenvalue weighted by molar-refractivity contribution is 0.0945. The molecule has 7 nitrogen and oxygen atoms in total. The van der Waals surface area contributed by atoms with Crippen LogP contribution in [-0.4, -0.2) is 34.1 Å². The largest absolute Gasteiger partial charge is 0.395 e. The molecule has 0 spiro atoms. The highest BCUT2D eigenvalue weighted by molar-refractivity contribution is 5.95. The van der Waals surface area contributed by atoms with E-state index in [1.165, 1.54) is 0 Å². The molecule has 0 radical (unpaired) electrons. The number of hydrogen-bond acceptors (Lipinski definition) is 5. The Kier molecular flexibility index (Phi) is 6.43. The van der Waals surface area contributed by atoms with Crippen molar-refractivity contribution in [2.24, 2.45) is 0 Å². The van der Waals surface area contributed by atoms with Crippen LogP contribution in [-0.2, 0) is 0 Å². The molecule has 5 rings (SSSR count). The number of pyridine rings is 1. The Morgan fingerprint density at radius 1 is 0.972 bits per heavy atom. The zero-order chi connectivity index (χ0) is 24.9. The van der Waals surface area contributed by atoms with Crippen molar-refractivity contribution in [3.05, 3.63) is 103 Å². The summed E-state index contributed by atoms with van der Waals surface area (Å²) in [7, 11) is 0. The number of anilines is 2. The fourth-order valence-corrected chi connectivity index (χ4v) is 4.13. The number of benzene rings is 3. The molecule has 0 atom stereocenters. The molecular formula is C29H23N5O2. The average Bonchev–Trinajstić information content (AvgIpc) is 3.40. The van der Waals surface area contributed by atoms with Crippen molar-refractivity contribution in [3.63, 3.8) is 0 Å². The first-order valence-corrected chi connectivity index (χ1v) is 11.5. The summed E-state index contributed by atoms with van der Waals surface area (Å²) >= 11 is 0. The van der Waals surface area contributed by atoms with Crippen molar-refractivity contribution in [2.75, 3.05) is 18.5 Å². The normalized spacial score (nSPS) is 10.7. The van der Waals surface area contributed by atoms with Gasteiger partial charge in [-0.2, -0.15) is 5.26 Å². The molecule has 2 heterocycles. The molecule has 0 saturated heterocycles. The summed E-state index contributed by atoms with van der Waals surface area (Å²) in [6.45, 7) is 0.115. The molecule has 0 aliphatic carbocycles. The second-order valence-electron chi connectivity index (χ2n) is 8.26. The van der Waals surface area contributed by atoms with Crippen molar-refractivity contribution < 1.29 is 9.90 Å². The van der Waals surface area contributed by atoms with Gasteiger partial charge in [0.25, 0.3) is 5.91 Å². The minimum absolute atomic E-state index is 0.101. The molecule has 1 amide bonds. The van der Waals surface area contributed by atoms with E-state index in [9.17, 15) is 10.1 Å². The van der Waals surface area contributed by atoms with Crippen LogP contribution in [0, 0.1) is 11.3 Å². The maximum absolute atomic E-state index is 12.1. The molecule has 0 saturated carbocycles. The number of aliphatic hydroxyl groups excluding tert-OH is 1. The Bertz CT molecular complexity index is 1580. The van der Waals surface area contributed by atoms with Crippen molar-refractivity contribution in [1.82, 2.24) is 15.3 Å². The summed E-state index contributed by atoms with van der Waals surface area (Å²) in [5.41, 5.74) is 7.22. The number of carbonyl (C=O) groups is 1. The van der Waals surface area contributed by atoms with Crippen molar-refractivity contribution in [1.29, 1.82) is 5.26 Å². The average molecular weight is 474 g/mol. The van der Waals surface area contributed by atoms with Crippen LogP contribution < -0.4 is 10.6 Å². The van der Waals surface area contributed by atoms with Crippen LogP contribution in [0.2, 0.25) is 0 Å². The Balaban J connectivity index is 1.48. The molecule has 0 aliphatic rings. The standard InChI is InChI=1S/C29H23N5O2/c30-16-24-17-31-18-26(28(24)34-25-8-9-27-23(15-25)10-11-32-27)22-3-1-2-21(14-22)19-4-6-20(7-5-19)29(36)33-12-13-35/h1-11,14-15,17-18,32,35H,12-13H2,(H,31,34)(H,33,36). The number of nitrogens with zero attached hydrogens (tertiary/aromatic N) is 2. The van der Waals surface area contributed by atoms with Crippen LogP contribution in [0.5, 0.6) is 0 Å². The van der Waals surface area contributed by atoms with Gasteiger partial charge in [-0.05, 0) is 59.2 Å². The van der Waals surface area contributed by atoms with Gasteiger partial charge in [0.1, 0.15) is 6.07 Å². The SMILES string of the molecule is N#Cc1cncc(-c2cccc(-c3ccc(C(=O)NCCO)cc3)c2)c1Nc1ccc2[nH]ccc2c1. The number of nitrogens with one attached hydrogen (secondary N) is 3. The zero-order valence-corrected chi connectivity index (χ0v) is 19.3. The zero-order valence-electron chi connectivity index (χ0n) is 19.3. The molecule has 7 heteroatoms. The first-order valence-electron chi connectivity index (χ1n) is 11.5. The number of aromatic amines is 1. The lowest BCUT2D eigenvalue weighted by atomic mass is 9.97. The summed E-state index contributed by atoms with van der Waals surface area (Å²) in [4.78, 5) is 19.6. The number of nitriles is 1. The van der Waals surface area contributed by atoms with Crippen molar-refractivity contribution >= 4 is 28.2 Å². The van der Waals surface area contributed by atoms with Gasteiger partial charge in [-0.25, -0.2) is 0 Å². The number of carbonyl (C=O) groups excluding carboxylic acids is 1. The first-order chi connectivity index (χ1) is 17.7. The summed E-state index contributed by atoms with van der Waals surface area (Å²) < 4.78 is 0. The van der Waals surface area contributed by atoms with E-state index < -0.39 is 0 Å². The number of aromatic nitrogens is 2. The van der Waals surface area contributed by atoms with Gasteiger partial charge in [0.05, 0.1) is 17.9 Å². The third kappa shape index (κ3) is 4.67. The van der Waals surface area contributed by atoms with Crippen LogP contribution in [0.1, 0.15) is 15.9 Å². The van der Waals surface area contributed by atoms with Gasteiger partial charge in [0.2, 0.25) is 0 Å². The molecule has 0 aliphatic heterocycles. The number of fused-ring (bicyclic) bond motifs is 1. The summed E-state index contributed by atoms with van der Waals surface area (Å²) in [5, 5.41) is 25.8. The molecule has 0 fully saturated rings. The van der Waals surface area contributed by atoms with Crippen molar-refractivity contribution in [3.8, 4) is 28.3 Å². The van der Waals surface area contributed by atoms with Gasteiger partial charge in [0.15, 0.2) is 0 Å². The smallest absolute Gasteiger partial charge is 0.251 e.